The smallest absolute Gasteiger partial charge is 0.266 e. The summed E-state index contributed by atoms with van der Waals surface area (Å²) in [5.41, 5.74) is 0. The van der Waals surface area contributed by atoms with Crippen molar-refractivity contribution in [2.45, 2.75) is 6.23 Å². The van der Waals surface area contributed by atoms with Crippen molar-refractivity contribution in [2.75, 3.05) is 18.9 Å². The first kappa shape index (κ1) is 11.6. The highest BCUT2D eigenvalue weighted by atomic mass is 32.2. The largest absolute Gasteiger partial charge is 0.483 e. The maximum Gasteiger partial charge on any atom is 0.266 e. The van der Waals surface area contributed by atoms with Gasteiger partial charge in [-0.1, -0.05) is 0 Å². The molecule has 2 N–H and O–H groups in total. The Morgan fingerprint density at radius 3 is 3.00 bits per heavy atom. The van der Waals surface area contributed by atoms with E-state index in [1.165, 1.54) is 11.3 Å². The molecule has 1 aliphatic rings. The molecule has 6 nitrogen and oxygen atoms in total. The van der Waals surface area contributed by atoms with Gasteiger partial charge < -0.3 is 9.47 Å². The first-order valence-electron chi connectivity index (χ1n) is 4.59. The Hall–Kier alpha value is -0.830. The van der Waals surface area contributed by atoms with Crippen LogP contribution in [0, 0.1) is 0 Å². The summed E-state index contributed by atoms with van der Waals surface area (Å²) in [5.74, 6) is 1.02. The highest BCUT2D eigenvalue weighted by Gasteiger charge is 2.21. The highest BCUT2D eigenvalue weighted by Crippen LogP contribution is 2.34. The second-order valence-electron chi connectivity index (χ2n) is 3.26. The summed E-state index contributed by atoms with van der Waals surface area (Å²) < 4.78 is 40.3. The molecule has 8 heteroatoms. The van der Waals surface area contributed by atoms with Gasteiger partial charge in [0.05, 0.1) is 5.75 Å². The second kappa shape index (κ2) is 4.58. The van der Waals surface area contributed by atoms with Crippen LogP contribution < -0.4 is 14.8 Å². The Balaban J connectivity index is 1.81. The third-order valence-electron chi connectivity index (χ3n) is 1.98. The van der Waals surface area contributed by atoms with Crippen LogP contribution in [0.15, 0.2) is 10.8 Å². The van der Waals surface area contributed by atoms with Crippen LogP contribution in [0.4, 0.5) is 0 Å². The number of hydrogen-bond donors (Lipinski definition) is 2. The molecule has 1 aromatic heterocycles. The molecule has 2 heterocycles. The van der Waals surface area contributed by atoms with Gasteiger partial charge in [0.15, 0.2) is 17.7 Å². The third-order valence-corrected chi connectivity index (χ3v) is 3.40. The van der Waals surface area contributed by atoms with Crippen LogP contribution in [-0.4, -0.2) is 38.1 Å². The van der Waals surface area contributed by atoms with Crippen LogP contribution >= 0.6 is 11.3 Å². The summed E-state index contributed by atoms with van der Waals surface area (Å²) >= 11 is 1.47. The fraction of sp³-hybridized carbons (Fsp3) is 0.500. The number of ether oxygens (including phenoxy) is 2. The minimum absolute atomic E-state index is 0.117. The average Bonchev–Trinajstić information content (AvgIpc) is 2.62. The number of thiophene rings is 1. The predicted octanol–water partition coefficient (Wildman–Crippen LogP) is 0.323. The summed E-state index contributed by atoms with van der Waals surface area (Å²) in [4.78, 5) is 0. The van der Waals surface area contributed by atoms with Gasteiger partial charge in [0.1, 0.15) is 6.61 Å². The van der Waals surface area contributed by atoms with E-state index in [4.69, 9.17) is 14.0 Å². The van der Waals surface area contributed by atoms with Gasteiger partial charge >= 0.3 is 0 Å². The number of nitrogens with one attached hydrogen (secondary N) is 1. The maximum absolute atomic E-state index is 10.5. The molecule has 2 rings (SSSR count). The van der Waals surface area contributed by atoms with Crippen molar-refractivity contribution in [1.29, 1.82) is 0 Å². The molecule has 16 heavy (non-hydrogen) atoms. The summed E-state index contributed by atoms with van der Waals surface area (Å²) in [5, 5.41) is 6.48. The molecule has 0 saturated carbocycles. The van der Waals surface area contributed by atoms with Crippen LogP contribution in [0.5, 0.6) is 11.5 Å². The zero-order valence-electron chi connectivity index (χ0n) is 8.25. The third kappa shape index (κ3) is 3.08. The SMILES string of the molecule is O=S(=O)(O)CCNC1COc2cscc2O1. The van der Waals surface area contributed by atoms with E-state index in [-0.39, 0.29) is 18.5 Å². The lowest BCUT2D eigenvalue weighted by Crippen LogP contribution is -2.43. The topological polar surface area (TPSA) is 84.9 Å². The van der Waals surface area contributed by atoms with Gasteiger partial charge in [-0.2, -0.15) is 8.42 Å². The van der Waals surface area contributed by atoms with Crippen LogP contribution in [-0.2, 0) is 10.1 Å². The van der Waals surface area contributed by atoms with Gasteiger partial charge in [0.2, 0.25) is 0 Å². The first-order chi connectivity index (χ1) is 7.54. The van der Waals surface area contributed by atoms with Crippen molar-refractivity contribution in [3.63, 3.8) is 0 Å². The molecule has 1 atom stereocenters. The van der Waals surface area contributed by atoms with Crippen molar-refractivity contribution in [3.05, 3.63) is 10.8 Å². The van der Waals surface area contributed by atoms with Crippen molar-refractivity contribution < 1.29 is 22.4 Å². The first-order valence-corrected chi connectivity index (χ1v) is 7.14. The molecule has 1 aromatic rings. The normalized spacial score (nSPS) is 19.7. The lowest BCUT2D eigenvalue weighted by molar-refractivity contribution is 0.0695. The molecule has 0 bridgehead atoms. The summed E-state index contributed by atoms with van der Waals surface area (Å²) in [6.07, 6.45) is -0.385. The molecule has 0 aliphatic carbocycles. The summed E-state index contributed by atoms with van der Waals surface area (Å²) in [7, 11) is -3.93. The lowest BCUT2D eigenvalue weighted by Gasteiger charge is -2.24. The van der Waals surface area contributed by atoms with E-state index in [0.717, 1.165) is 0 Å². The molecule has 0 amide bonds. The van der Waals surface area contributed by atoms with E-state index < -0.39 is 10.1 Å². The van der Waals surface area contributed by atoms with Gasteiger partial charge in [0, 0.05) is 17.3 Å². The number of fused-ring (bicyclic) bond motifs is 1. The second-order valence-corrected chi connectivity index (χ2v) is 5.57. The van der Waals surface area contributed by atoms with E-state index in [1.807, 2.05) is 10.8 Å². The van der Waals surface area contributed by atoms with Crippen LogP contribution in [0.1, 0.15) is 0 Å². The van der Waals surface area contributed by atoms with Crippen LogP contribution in [0.2, 0.25) is 0 Å². The molecule has 0 fully saturated rings. The quantitative estimate of drug-likeness (QED) is 0.763. The molecule has 1 aliphatic heterocycles. The molecular formula is C8H11NO5S2. The molecule has 0 aromatic carbocycles. The van der Waals surface area contributed by atoms with Crippen molar-refractivity contribution in [3.8, 4) is 11.5 Å². The molecular weight excluding hydrogens is 254 g/mol. The van der Waals surface area contributed by atoms with Gasteiger partial charge in [-0.15, -0.1) is 11.3 Å². The van der Waals surface area contributed by atoms with E-state index in [2.05, 4.69) is 5.32 Å². The van der Waals surface area contributed by atoms with E-state index in [1.54, 1.807) is 0 Å². The highest BCUT2D eigenvalue weighted by molar-refractivity contribution is 7.85. The zero-order valence-corrected chi connectivity index (χ0v) is 9.88. The Morgan fingerprint density at radius 1 is 1.50 bits per heavy atom. The van der Waals surface area contributed by atoms with E-state index in [0.29, 0.717) is 18.1 Å². The molecule has 0 radical (unpaired) electrons. The fourth-order valence-electron chi connectivity index (χ4n) is 1.27. The Morgan fingerprint density at radius 2 is 2.25 bits per heavy atom. The molecule has 1 unspecified atom stereocenters. The number of rotatable bonds is 4. The molecule has 90 valence electrons. The maximum atomic E-state index is 10.5. The molecule has 0 spiro atoms. The van der Waals surface area contributed by atoms with Gasteiger partial charge in [0.25, 0.3) is 10.1 Å². The average molecular weight is 265 g/mol. The minimum atomic E-state index is -3.93. The summed E-state index contributed by atoms with van der Waals surface area (Å²) in [6.45, 7) is 0.432. The van der Waals surface area contributed by atoms with Gasteiger partial charge in [-0.25, -0.2) is 0 Å². The lowest BCUT2D eigenvalue weighted by atomic mass is 10.4. The van der Waals surface area contributed by atoms with Crippen LogP contribution in [0.25, 0.3) is 0 Å². The van der Waals surface area contributed by atoms with Crippen LogP contribution in [0.3, 0.4) is 0 Å². The van der Waals surface area contributed by atoms with E-state index >= 15 is 0 Å². The Bertz CT molecular complexity index is 455. The number of hydrogen-bond acceptors (Lipinski definition) is 6. The van der Waals surface area contributed by atoms with Crippen molar-refractivity contribution in [2.24, 2.45) is 0 Å². The summed E-state index contributed by atoms with van der Waals surface area (Å²) in [6, 6.07) is 0. The predicted molar refractivity (Wildman–Crippen MR) is 58.6 cm³/mol. The zero-order chi connectivity index (χ0) is 11.6. The monoisotopic (exact) mass is 265 g/mol. The molecule has 0 saturated heterocycles. The standard InChI is InChI=1S/C8H11NO5S2/c10-16(11,12)2-1-9-8-3-13-6-4-15-5-7(6)14-8/h4-5,8-9H,1-3H2,(H,10,11,12). The van der Waals surface area contributed by atoms with Crippen molar-refractivity contribution >= 4 is 21.5 Å². The fourth-order valence-corrected chi connectivity index (χ4v) is 2.31. The van der Waals surface area contributed by atoms with Crippen molar-refractivity contribution in [1.82, 2.24) is 5.32 Å². The van der Waals surface area contributed by atoms with E-state index in [9.17, 15) is 8.42 Å². The van der Waals surface area contributed by atoms with Gasteiger partial charge in [-0.3, -0.25) is 9.87 Å². The minimum Gasteiger partial charge on any atom is -0.483 e. The Kier molecular flexibility index (Phi) is 3.33. The Labute approximate surface area is 96.9 Å². The van der Waals surface area contributed by atoms with Gasteiger partial charge in [-0.05, 0) is 0 Å².